The van der Waals surface area contributed by atoms with E-state index in [1.807, 2.05) is 6.92 Å². The second-order valence-corrected chi connectivity index (χ2v) is 3.59. The topological polar surface area (TPSA) is 38.7 Å². The second kappa shape index (κ2) is 2.44. The Labute approximate surface area is 66.3 Å². The maximum absolute atomic E-state index is 9.63. The van der Waals surface area contributed by atoms with Crippen molar-refractivity contribution in [2.75, 3.05) is 6.61 Å². The van der Waals surface area contributed by atoms with Crippen LogP contribution in [0.3, 0.4) is 0 Å². The number of aliphatic hydroxyl groups excluding tert-OH is 1. The molecule has 5 atom stereocenters. The van der Waals surface area contributed by atoms with Gasteiger partial charge in [-0.3, -0.25) is 0 Å². The normalized spacial score (nSPS) is 56.5. The first-order valence-corrected chi connectivity index (χ1v) is 4.15. The summed E-state index contributed by atoms with van der Waals surface area (Å²) < 4.78 is 10.8. The summed E-state index contributed by atoms with van der Waals surface area (Å²) in [7, 11) is 0. The smallest absolute Gasteiger partial charge is 0.161 e. The molecule has 0 aromatic carbocycles. The predicted molar refractivity (Wildman–Crippen MR) is 38.9 cm³/mol. The molecule has 2 bridgehead atoms. The molecule has 11 heavy (non-hydrogen) atoms. The lowest BCUT2D eigenvalue weighted by Gasteiger charge is -2.34. The number of fused-ring (bicyclic) bond motifs is 2. The van der Waals surface area contributed by atoms with E-state index in [0.29, 0.717) is 18.4 Å². The van der Waals surface area contributed by atoms with E-state index < -0.39 is 0 Å². The zero-order chi connectivity index (χ0) is 8.01. The molecule has 2 aliphatic rings. The standard InChI is InChI=1S/C8H14O3/c1-4-5(2)8-10-3-6(11-8)7(4)9/h4-9H,3H2,1-2H3/t4?,5-,6?,7+,8-/m0/s1. The van der Waals surface area contributed by atoms with Crippen molar-refractivity contribution in [3.8, 4) is 0 Å². The highest BCUT2D eigenvalue weighted by Crippen LogP contribution is 2.35. The number of hydrogen-bond acceptors (Lipinski definition) is 3. The van der Waals surface area contributed by atoms with Crippen molar-refractivity contribution in [1.29, 1.82) is 0 Å². The lowest BCUT2D eigenvalue weighted by atomic mass is 9.86. The first kappa shape index (κ1) is 7.53. The number of ether oxygens (including phenoxy) is 2. The number of rotatable bonds is 0. The van der Waals surface area contributed by atoms with Crippen LogP contribution in [0.4, 0.5) is 0 Å². The molecule has 2 fully saturated rings. The Kier molecular flexibility index (Phi) is 1.67. The van der Waals surface area contributed by atoms with E-state index >= 15 is 0 Å². The lowest BCUT2D eigenvalue weighted by Crippen LogP contribution is -2.44. The van der Waals surface area contributed by atoms with Crippen molar-refractivity contribution in [1.82, 2.24) is 0 Å². The number of hydrogen-bond donors (Lipinski definition) is 1. The Balaban J connectivity index is 2.16. The first-order chi connectivity index (χ1) is 5.20. The average Bonchev–Trinajstić information content (AvgIpc) is 2.44. The zero-order valence-corrected chi connectivity index (χ0v) is 6.86. The monoisotopic (exact) mass is 158 g/mol. The maximum atomic E-state index is 9.63. The largest absolute Gasteiger partial charge is 0.390 e. The van der Waals surface area contributed by atoms with Gasteiger partial charge < -0.3 is 14.6 Å². The van der Waals surface area contributed by atoms with Crippen LogP contribution in [0.2, 0.25) is 0 Å². The summed E-state index contributed by atoms with van der Waals surface area (Å²) in [4.78, 5) is 0. The van der Waals surface area contributed by atoms with Gasteiger partial charge in [0.05, 0.1) is 12.7 Å². The molecule has 0 aromatic rings. The van der Waals surface area contributed by atoms with Crippen LogP contribution in [0.15, 0.2) is 0 Å². The fourth-order valence-corrected chi connectivity index (χ4v) is 1.79. The fraction of sp³-hybridized carbons (Fsp3) is 1.00. The van der Waals surface area contributed by atoms with Crippen LogP contribution in [-0.4, -0.2) is 30.2 Å². The van der Waals surface area contributed by atoms with Gasteiger partial charge in [0.1, 0.15) is 6.10 Å². The highest BCUT2D eigenvalue weighted by Gasteiger charge is 2.45. The van der Waals surface area contributed by atoms with Crippen molar-refractivity contribution >= 4 is 0 Å². The van der Waals surface area contributed by atoms with Crippen LogP contribution >= 0.6 is 0 Å². The molecule has 0 spiro atoms. The number of aliphatic hydroxyl groups is 1. The minimum Gasteiger partial charge on any atom is -0.390 e. The molecule has 2 unspecified atom stereocenters. The third kappa shape index (κ3) is 0.991. The van der Waals surface area contributed by atoms with E-state index in [-0.39, 0.29) is 18.5 Å². The van der Waals surface area contributed by atoms with Crippen LogP contribution in [0.1, 0.15) is 13.8 Å². The minimum absolute atomic E-state index is 0.0709. The van der Waals surface area contributed by atoms with Crippen LogP contribution in [0, 0.1) is 11.8 Å². The average molecular weight is 158 g/mol. The molecule has 0 aliphatic carbocycles. The molecule has 2 rings (SSSR count). The van der Waals surface area contributed by atoms with Crippen molar-refractivity contribution in [3.05, 3.63) is 0 Å². The Morgan fingerprint density at radius 3 is 2.73 bits per heavy atom. The third-order valence-electron chi connectivity index (χ3n) is 2.91. The van der Waals surface area contributed by atoms with Gasteiger partial charge in [-0.25, -0.2) is 0 Å². The summed E-state index contributed by atoms with van der Waals surface area (Å²) in [6.45, 7) is 4.66. The summed E-state index contributed by atoms with van der Waals surface area (Å²) in [6, 6.07) is 0. The minimum atomic E-state index is -0.344. The third-order valence-corrected chi connectivity index (χ3v) is 2.91. The summed E-state index contributed by atoms with van der Waals surface area (Å²) in [6.07, 6.45) is -0.492. The molecule has 0 amide bonds. The van der Waals surface area contributed by atoms with Gasteiger partial charge in [0.25, 0.3) is 0 Å². The van der Waals surface area contributed by atoms with E-state index in [1.165, 1.54) is 0 Å². The molecule has 0 radical (unpaired) electrons. The Bertz CT molecular complexity index is 139. The quantitative estimate of drug-likeness (QED) is 0.553. The van der Waals surface area contributed by atoms with E-state index in [4.69, 9.17) is 9.47 Å². The van der Waals surface area contributed by atoms with Crippen molar-refractivity contribution in [3.63, 3.8) is 0 Å². The van der Waals surface area contributed by atoms with Gasteiger partial charge in [0.2, 0.25) is 0 Å². The van der Waals surface area contributed by atoms with Gasteiger partial charge in [0.15, 0.2) is 6.29 Å². The summed E-state index contributed by atoms with van der Waals surface area (Å²) >= 11 is 0. The second-order valence-electron chi connectivity index (χ2n) is 3.59. The van der Waals surface area contributed by atoms with E-state index in [1.54, 1.807) is 0 Å². The summed E-state index contributed by atoms with van der Waals surface area (Å²) in [5, 5.41) is 9.63. The first-order valence-electron chi connectivity index (χ1n) is 4.15. The van der Waals surface area contributed by atoms with Crippen molar-refractivity contribution < 1.29 is 14.6 Å². The molecule has 0 aromatic heterocycles. The molecule has 3 nitrogen and oxygen atoms in total. The van der Waals surface area contributed by atoms with Crippen LogP contribution in [-0.2, 0) is 9.47 Å². The highest BCUT2D eigenvalue weighted by atomic mass is 16.7. The van der Waals surface area contributed by atoms with Crippen LogP contribution < -0.4 is 0 Å². The Morgan fingerprint density at radius 2 is 2.00 bits per heavy atom. The highest BCUT2D eigenvalue weighted by molar-refractivity contribution is 4.88. The van der Waals surface area contributed by atoms with Crippen LogP contribution in [0.5, 0.6) is 0 Å². The molecular weight excluding hydrogens is 144 g/mol. The molecule has 3 heteroatoms. The molecule has 2 heterocycles. The molecule has 0 saturated carbocycles. The molecule has 64 valence electrons. The SMILES string of the molecule is CC1[C@@H](O)C2CO[C@@H](O2)[C@H]1C. The van der Waals surface area contributed by atoms with Crippen molar-refractivity contribution in [2.45, 2.75) is 32.3 Å². The summed E-state index contributed by atoms with van der Waals surface area (Å²) in [5.74, 6) is 0.602. The van der Waals surface area contributed by atoms with Crippen molar-refractivity contribution in [2.24, 2.45) is 11.8 Å². The van der Waals surface area contributed by atoms with Gasteiger partial charge in [-0.15, -0.1) is 0 Å². The fourth-order valence-electron chi connectivity index (χ4n) is 1.79. The molecule has 2 saturated heterocycles. The predicted octanol–water partition coefficient (Wildman–Crippen LogP) is 0.375. The lowest BCUT2D eigenvalue weighted by molar-refractivity contribution is -0.173. The van der Waals surface area contributed by atoms with Crippen LogP contribution in [0.25, 0.3) is 0 Å². The zero-order valence-electron chi connectivity index (χ0n) is 6.86. The van der Waals surface area contributed by atoms with E-state index in [9.17, 15) is 5.11 Å². The molecule has 2 aliphatic heterocycles. The van der Waals surface area contributed by atoms with Gasteiger partial charge in [-0.05, 0) is 5.92 Å². The van der Waals surface area contributed by atoms with E-state index in [2.05, 4.69) is 6.92 Å². The van der Waals surface area contributed by atoms with Gasteiger partial charge in [-0.1, -0.05) is 13.8 Å². The molecule has 1 N–H and O–H groups in total. The van der Waals surface area contributed by atoms with Gasteiger partial charge in [0, 0.05) is 5.92 Å². The summed E-state index contributed by atoms with van der Waals surface area (Å²) in [5.41, 5.74) is 0. The van der Waals surface area contributed by atoms with Gasteiger partial charge >= 0.3 is 0 Å². The maximum Gasteiger partial charge on any atom is 0.161 e. The van der Waals surface area contributed by atoms with Gasteiger partial charge in [-0.2, -0.15) is 0 Å². The molecular formula is C8H14O3. The Hall–Kier alpha value is -0.120. The van der Waals surface area contributed by atoms with E-state index in [0.717, 1.165) is 0 Å². The Morgan fingerprint density at radius 1 is 1.27 bits per heavy atom.